The zero-order valence-corrected chi connectivity index (χ0v) is 10.9. The molecule has 0 fully saturated rings. The molecular weight excluding hydrogens is 240 g/mol. The average molecular weight is 254 g/mol. The van der Waals surface area contributed by atoms with Gasteiger partial charge in [-0.15, -0.1) is 0 Å². The molecule has 0 saturated heterocycles. The molecule has 4 nitrogen and oxygen atoms in total. The van der Waals surface area contributed by atoms with Crippen molar-refractivity contribution in [1.29, 1.82) is 0 Å². The topological polar surface area (TPSA) is 62.8 Å². The number of hydrogen-bond acceptors (Lipinski definition) is 3. The third kappa shape index (κ3) is 1.80. The maximum atomic E-state index is 12.2. The van der Waals surface area contributed by atoms with E-state index in [0.29, 0.717) is 12.0 Å². The Labute approximate surface area is 110 Å². The van der Waals surface area contributed by atoms with Gasteiger partial charge in [0.25, 0.3) is 5.78 Å². The van der Waals surface area contributed by atoms with Gasteiger partial charge >= 0.3 is 0 Å². The zero-order valence-electron chi connectivity index (χ0n) is 10.9. The molecule has 0 saturated carbocycles. The highest BCUT2D eigenvalue weighted by Gasteiger charge is 2.30. The molecule has 0 aliphatic heterocycles. The van der Waals surface area contributed by atoms with Gasteiger partial charge in [0.1, 0.15) is 11.5 Å². The maximum absolute atomic E-state index is 12.2. The van der Waals surface area contributed by atoms with E-state index in [2.05, 4.69) is 9.97 Å². The quantitative estimate of drug-likeness (QED) is 0.795. The molecule has 2 aromatic rings. The fourth-order valence-electron chi connectivity index (χ4n) is 2.34. The summed E-state index contributed by atoms with van der Waals surface area (Å²) in [6.07, 6.45) is 0.544. The number of ketones is 2. The van der Waals surface area contributed by atoms with Crippen LogP contribution >= 0.6 is 0 Å². The average Bonchev–Trinajstić information content (AvgIpc) is 2.78. The predicted octanol–water partition coefficient (Wildman–Crippen LogP) is 2.50. The molecule has 0 bridgehead atoms. The largest absolute Gasteiger partial charge is 0.345 e. The second-order valence-corrected chi connectivity index (χ2v) is 5.10. The van der Waals surface area contributed by atoms with Crippen LogP contribution in [0.1, 0.15) is 57.7 Å². The Hall–Kier alpha value is -2.23. The number of hydrogen-bond donors (Lipinski definition) is 1. The molecule has 19 heavy (non-hydrogen) atoms. The van der Waals surface area contributed by atoms with Crippen LogP contribution in [0.4, 0.5) is 0 Å². The van der Waals surface area contributed by atoms with Crippen molar-refractivity contribution in [2.24, 2.45) is 0 Å². The minimum Gasteiger partial charge on any atom is -0.345 e. The summed E-state index contributed by atoms with van der Waals surface area (Å²) in [5.74, 6) is -0.0186. The first-order chi connectivity index (χ1) is 9.08. The smallest absolute Gasteiger partial charge is 0.253 e. The van der Waals surface area contributed by atoms with Crippen molar-refractivity contribution in [3.8, 4) is 0 Å². The Balaban J connectivity index is 2.19. The summed E-state index contributed by atoms with van der Waals surface area (Å²) in [4.78, 5) is 31.9. The van der Waals surface area contributed by atoms with E-state index in [1.54, 1.807) is 12.1 Å². The molecule has 0 atom stereocenters. The van der Waals surface area contributed by atoms with Crippen molar-refractivity contribution in [2.75, 3.05) is 0 Å². The standard InChI is InChI=1S/C15H14N2O2/c1-8(2)15-16-11-7-9-5-3-4-6-10(9)13(18)14(19)12(11)17-15/h3-6,8H,7H2,1-2H3,(H,16,17). The molecule has 1 aromatic heterocycles. The fraction of sp³-hybridized carbons (Fsp3) is 0.267. The first kappa shape index (κ1) is 11.8. The van der Waals surface area contributed by atoms with Gasteiger partial charge in [0.2, 0.25) is 5.78 Å². The molecule has 0 amide bonds. The van der Waals surface area contributed by atoms with Crippen LogP contribution in [0.5, 0.6) is 0 Å². The Morgan fingerprint density at radius 1 is 1.16 bits per heavy atom. The lowest BCUT2D eigenvalue weighted by molar-refractivity contribution is 0.0814. The van der Waals surface area contributed by atoms with Crippen LogP contribution in [-0.4, -0.2) is 21.5 Å². The number of carbonyl (C=O) groups is 2. The highest BCUT2D eigenvalue weighted by atomic mass is 16.2. The van der Waals surface area contributed by atoms with Crippen molar-refractivity contribution in [3.05, 3.63) is 52.6 Å². The molecule has 1 aliphatic rings. The van der Waals surface area contributed by atoms with Gasteiger partial charge in [-0.1, -0.05) is 38.1 Å². The maximum Gasteiger partial charge on any atom is 0.253 e. The molecule has 0 unspecified atom stereocenters. The lowest BCUT2D eigenvalue weighted by Crippen LogP contribution is -2.15. The Bertz CT molecular complexity index is 683. The molecular formula is C15H14N2O2. The molecule has 0 spiro atoms. The summed E-state index contributed by atoms with van der Waals surface area (Å²) in [5, 5.41) is 0. The monoisotopic (exact) mass is 254 g/mol. The number of benzene rings is 1. The van der Waals surface area contributed by atoms with Crippen molar-refractivity contribution >= 4 is 11.6 Å². The molecule has 3 rings (SSSR count). The van der Waals surface area contributed by atoms with Crippen molar-refractivity contribution < 1.29 is 9.59 Å². The molecule has 1 aliphatic carbocycles. The van der Waals surface area contributed by atoms with Gasteiger partial charge in [0.05, 0.1) is 5.69 Å². The van der Waals surface area contributed by atoms with Crippen LogP contribution in [0.25, 0.3) is 0 Å². The van der Waals surface area contributed by atoms with Crippen LogP contribution < -0.4 is 0 Å². The van der Waals surface area contributed by atoms with E-state index in [4.69, 9.17) is 0 Å². The van der Waals surface area contributed by atoms with E-state index in [0.717, 1.165) is 17.1 Å². The first-order valence-corrected chi connectivity index (χ1v) is 6.33. The minimum absolute atomic E-state index is 0.199. The molecule has 96 valence electrons. The molecule has 0 radical (unpaired) electrons. The number of nitrogens with zero attached hydrogens (tertiary/aromatic N) is 1. The summed E-state index contributed by atoms with van der Waals surface area (Å²) in [5.41, 5.74) is 2.39. The molecule has 1 heterocycles. The molecule has 1 aromatic carbocycles. The van der Waals surface area contributed by atoms with Crippen LogP contribution in [0.2, 0.25) is 0 Å². The van der Waals surface area contributed by atoms with E-state index < -0.39 is 11.6 Å². The number of rotatable bonds is 1. The molecule has 1 N–H and O–H groups in total. The summed E-state index contributed by atoms with van der Waals surface area (Å²) < 4.78 is 0. The fourth-order valence-corrected chi connectivity index (χ4v) is 2.34. The van der Waals surface area contributed by atoms with Gasteiger partial charge in [0, 0.05) is 17.9 Å². The van der Waals surface area contributed by atoms with E-state index in [1.807, 2.05) is 26.0 Å². The number of Topliss-reactive ketones (excluding diaryl/α,β-unsaturated/α-hetero) is 2. The van der Waals surface area contributed by atoms with Gasteiger partial charge in [-0.05, 0) is 5.56 Å². The number of nitrogens with one attached hydrogen (secondary N) is 1. The van der Waals surface area contributed by atoms with Crippen LogP contribution in [0, 0.1) is 0 Å². The van der Waals surface area contributed by atoms with E-state index in [1.165, 1.54) is 0 Å². The van der Waals surface area contributed by atoms with Crippen LogP contribution in [0.3, 0.4) is 0 Å². The SMILES string of the molecule is CC(C)c1nc2c([nH]1)Cc1ccccc1C(=O)C2=O. The number of carbonyl (C=O) groups excluding carboxylic acids is 2. The zero-order chi connectivity index (χ0) is 13.6. The van der Waals surface area contributed by atoms with Crippen molar-refractivity contribution in [3.63, 3.8) is 0 Å². The summed E-state index contributed by atoms with van der Waals surface area (Å²) in [6, 6.07) is 7.23. The number of imidazole rings is 1. The Morgan fingerprint density at radius 3 is 2.63 bits per heavy atom. The summed E-state index contributed by atoms with van der Waals surface area (Å²) >= 11 is 0. The lowest BCUT2D eigenvalue weighted by atomic mass is 10.0. The number of fused-ring (bicyclic) bond motifs is 2. The van der Waals surface area contributed by atoms with Gasteiger partial charge in [-0.25, -0.2) is 4.98 Å². The Morgan fingerprint density at radius 2 is 1.89 bits per heavy atom. The Kier molecular flexibility index (Phi) is 2.59. The highest BCUT2D eigenvalue weighted by molar-refractivity contribution is 6.49. The van der Waals surface area contributed by atoms with E-state index >= 15 is 0 Å². The van der Waals surface area contributed by atoms with Crippen LogP contribution in [0.15, 0.2) is 24.3 Å². The van der Waals surface area contributed by atoms with Crippen LogP contribution in [-0.2, 0) is 6.42 Å². The van der Waals surface area contributed by atoms with Gasteiger partial charge in [0.15, 0.2) is 0 Å². The minimum atomic E-state index is -0.511. The second-order valence-electron chi connectivity index (χ2n) is 5.10. The van der Waals surface area contributed by atoms with Gasteiger partial charge in [-0.3, -0.25) is 9.59 Å². The third-order valence-corrected chi connectivity index (χ3v) is 3.39. The third-order valence-electron chi connectivity index (χ3n) is 3.39. The van der Waals surface area contributed by atoms with E-state index in [-0.39, 0.29) is 11.6 Å². The number of aromatic nitrogens is 2. The number of aromatic amines is 1. The predicted molar refractivity (Wildman–Crippen MR) is 70.6 cm³/mol. The first-order valence-electron chi connectivity index (χ1n) is 6.33. The van der Waals surface area contributed by atoms with Crippen molar-refractivity contribution in [2.45, 2.75) is 26.2 Å². The van der Waals surface area contributed by atoms with Gasteiger partial charge in [-0.2, -0.15) is 0 Å². The van der Waals surface area contributed by atoms with E-state index in [9.17, 15) is 9.59 Å². The number of H-pyrrole nitrogens is 1. The highest BCUT2D eigenvalue weighted by Crippen LogP contribution is 2.24. The van der Waals surface area contributed by atoms with Gasteiger partial charge < -0.3 is 4.98 Å². The lowest BCUT2D eigenvalue weighted by Gasteiger charge is -2.03. The summed E-state index contributed by atoms with van der Waals surface area (Å²) in [6.45, 7) is 4.00. The molecule has 4 heteroatoms. The second kappa shape index (κ2) is 4.16. The summed E-state index contributed by atoms with van der Waals surface area (Å²) in [7, 11) is 0. The van der Waals surface area contributed by atoms with Crippen molar-refractivity contribution in [1.82, 2.24) is 9.97 Å². The normalized spacial score (nSPS) is 14.3.